The van der Waals surface area contributed by atoms with Gasteiger partial charge in [0.25, 0.3) is 0 Å². The highest BCUT2D eigenvalue weighted by molar-refractivity contribution is 7.90. The van der Waals surface area contributed by atoms with Crippen molar-refractivity contribution in [3.63, 3.8) is 0 Å². The molecule has 1 heterocycles. The standard InChI is InChI=1S/C10H19NO4S/c1-3-15-9(12)10(8-16(2,13)14)4-6-11-7-5-10/h11H,3-8H2,1-2H3. The van der Waals surface area contributed by atoms with E-state index in [0.717, 1.165) is 6.26 Å². The zero-order valence-corrected chi connectivity index (χ0v) is 10.6. The van der Waals surface area contributed by atoms with Crippen molar-refractivity contribution in [2.75, 3.05) is 31.7 Å². The number of carbonyl (C=O) groups excluding carboxylic acids is 1. The molecule has 94 valence electrons. The van der Waals surface area contributed by atoms with Crippen LogP contribution in [0.5, 0.6) is 0 Å². The van der Waals surface area contributed by atoms with Gasteiger partial charge in [0.15, 0.2) is 0 Å². The number of rotatable bonds is 4. The Kier molecular flexibility index (Phi) is 4.32. The van der Waals surface area contributed by atoms with E-state index in [0.29, 0.717) is 25.9 Å². The van der Waals surface area contributed by atoms with Crippen molar-refractivity contribution in [2.24, 2.45) is 5.41 Å². The number of sulfone groups is 1. The van der Waals surface area contributed by atoms with Crippen molar-refractivity contribution in [1.29, 1.82) is 0 Å². The lowest BCUT2D eigenvalue weighted by Gasteiger charge is -2.34. The second kappa shape index (κ2) is 5.14. The minimum Gasteiger partial charge on any atom is -0.466 e. The molecule has 5 nitrogen and oxygen atoms in total. The summed E-state index contributed by atoms with van der Waals surface area (Å²) in [7, 11) is -3.17. The molecule has 1 rings (SSSR count). The normalized spacial score (nSPS) is 20.4. The second-order valence-corrected chi connectivity index (χ2v) is 6.46. The predicted molar refractivity (Wildman–Crippen MR) is 60.9 cm³/mol. The van der Waals surface area contributed by atoms with Crippen LogP contribution in [0.3, 0.4) is 0 Å². The van der Waals surface area contributed by atoms with E-state index in [9.17, 15) is 13.2 Å². The highest BCUT2D eigenvalue weighted by Gasteiger charge is 2.43. The maximum absolute atomic E-state index is 11.9. The number of piperidine rings is 1. The van der Waals surface area contributed by atoms with Crippen LogP contribution >= 0.6 is 0 Å². The minimum absolute atomic E-state index is 0.111. The van der Waals surface area contributed by atoms with Gasteiger partial charge in [0, 0.05) is 6.26 Å². The lowest BCUT2D eigenvalue weighted by atomic mass is 9.81. The van der Waals surface area contributed by atoms with Gasteiger partial charge < -0.3 is 10.1 Å². The van der Waals surface area contributed by atoms with Gasteiger partial charge in [-0.1, -0.05) is 0 Å². The predicted octanol–water partition coefficient (Wildman–Crippen LogP) is -0.0361. The summed E-state index contributed by atoms with van der Waals surface area (Å²) in [5.74, 6) is -0.484. The summed E-state index contributed by atoms with van der Waals surface area (Å²) in [6, 6.07) is 0. The summed E-state index contributed by atoms with van der Waals surface area (Å²) in [5, 5.41) is 3.12. The smallest absolute Gasteiger partial charge is 0.313 e. The Bertz CT molecular complexity index is 344. The number of carbonyl (C=O) groups is 1. The SMILES string of the molecule is CCOC(=O)C1(CS(C)(=O)=O)CCNCC1. The van der Waals surface area contributed by atoms with E-state index in [1.165, 1.54) is 0 Å². The van der Waals surface area contributed by atoms with Gasteiger partial charge >= 0.3 is 5.97 Å². The lowest BCUT2D eigenvalue weighted by molar-refractivity contribution is -0.155. The average molecular weight is 249 g/mol. The third kappa shape index (κ3) is 3.45. The molecule has 1 aliphatic heterocycles. The van der Waals surface area contributed by atoms with Crippen LogP contribution in [0.1, 0.15) is 19.8 Å². The topological polar surface area (TPSA) is 72.5 Å². The summed E-state index contributed by atoms with van der Waals surface area (Å²) in [4.78, 5) is 11.9. The fraction of sp³-hybridized carbons (Fsp3) is 0.900. The molecule has 0 radical (unpaired) electrons. The fourth-order valence-corrected chi connectivity index (χ4v) is 3.51. The zero-order valence-electron chi connectivity index (χ0n) is 9.78. The fourth-order valence-electron chi connectivity index (χ4n) is 2.10. The number of hydrogen-bond donors (Lipinski definition) is 1. The van der Waals surface area contributed by atoms with E-state index in [1.54, 1.807) is 6.92 Å². The Balaban J connectivity index is 2.87. The maximum Gasteiger partial charge on any atom is 0.313 e. The van der Waals surface area contributed by atoms with Gasteiger partial charge in [-0.2, -0.15) is 0 Å². The molecular weight excluding hydrogens is 230 g/mol. The minimum atomic E-state index is -3.17. The van der Waals surface area contributed by atoms with Gasteiger partial charge in [-0.25, -0.2) is 8.42 Å². The molecule has 1 fully saturated rings. The molecule has 0 aromatic rings. The Labute approximate surface area is 96.5 Å². The monoisotopic (exact) mass is 249 g/mol. The molecule has 0 amide bonds. The van der Waals surface area contributed by atoms with Crippen molar-refractivity contribution in [3.05, 3.63) is 0 Å². The van der Waals surface area contributed by atoms with Crippen LogP contribution in [0, 0.1) is 5.41 Å². The molecule has 6 heteroatoms. The summed E-state index contributed by atoms with van der Waals surface area (Å²) in [6.07, 6.45) is 2.22. The van der Waals surface area contributed by atoms with Crippen LogP contribution in [-0.2, 0) is 19.4 Å². The molecule has 0 aromatic heterocycles. The van der Waals surface area contributed by atoms with Gasteiger partial charge in [0.05, 0.1) is 17.8 Å². The number of ether oxygens (including phenoxy) is 1. The molecule has 0 spiro atoms. The summed E-state index contributed by atoms with van der Waals surface area (Å²) >= 11 is 0. The molecule has 1 saturated heterocycles. The summed E-state index contributed by atoms with van der Waals surface area (Å²) in [6.45, 7) is 3.34. The van der Waals surface area contributed by atoms with Gasteiger partial charge in [0.1, 0.15) is 9.84 Å². The van der Waals surface area contributed by atoms with Crippen LogP contribution < -0.4 is 5.32 Å². The van der Waals surface area contributed by atoms with E-state index in [1.807, 2.05) is 0 Å². The quantitative estimate of drug-likeness (QED) is 0.708. The first-order chi connectivity index (χ1) is 7.40. The Morgan fingerprint density at radius 2 is 1.94 bits per heavy atom. The van der Waals surface area contributed by atoms with Crippen LogP contribution in [0.25, 0.3) is 0 Å². The third-order valence-corrected chi connectivity index (χ3v) is 3.88. The number of nitrogens with one attached hydrogen (secondary N) is 1. The van der Waals surface area contributed by atoms with Crippen molar-refractivity contribution in [2.45, 2.75) is 19.8 Å². The third-order valence-electron chi connectivity index (χ3n) is 2.81. The molecule has 1 N–H and O–H groups in total. The molecule has 0 unspecified atom stereocenters. The van der Waals surface area contributed by atoms with E-state index in [2.05, 4.69) is 5.32 Å². The van der Waals surface area contributed by atoms with Gasteiger partial charge in [-0.3, -0.25) is 4.79 Å². The second-order valence-electron chi connectivity index (χ2n) is 4.32. The highest BCUT2D eigenvalue weighted by atomic mass is 32.2. The van der Waals surface area contributed by atoms with Crippen LogP contribution in [0.2, 0.25) is 0 Å². The average Bonchev–Trinajstić information content (AvgIpc) is 2.17. The number of hydrogen-bond acceptors (Lipinski definition) is 5. The first-order valence-corrected chi connectivity index (χ1v) is 7.51. The van der Waals surface area contributed by atoms with E-state index in [4.69, 9.17) is 4.74 Å². The Morgan fingerprint density at radius 1 is 1.38 bits per heavy atom. The van der Waals surface area contributed by atoms with E-state index >= 15 is 0 Å². The first kappa shape index (κ1) is 13.4. The molecule has 0 aromatic carbocycles. The molecule has 16 heavy (non-hydrogen) atoms. The lowest BCUT2D eigenvalue weighted by Crippen LogP contribution is -2.47. The number of esters is 1. The van der Waals surface area contributed by atoms with Gasteiger partial charge in [-0.05, 0) is 32.9 Å². The molecule has 0 bridgehead atoms. The van der Waals surface area contributed by atoms with E-state index < -0.39 is 15.3 Å². The Morgan fingerprint density at radius 3 is 2.38 bits per heavy atom. The van der Waals surface area contributed by atoms with Crippen LogP contribution in [-0.4, -0.2) is 46.1 Å². The summed E-state index contributed by atoms with van der Waals surface area (Å²) < 4.78 is 27.8. The van der Waals surface area contributed by atoms with Crippen LogP contribution in [0.4, 0.5) is 0 Å². The molecule has 0 aliphatic carbocycles. The van der Waals surface area contributed by atoms with Crippen molar-refractivity contribution in [3.8, 4) is 0 Å². The van der Waals surface area contributed by atoms with Crippen LogP contribution in [0.15, 0.2) is 0 Å². The molecular formula is C10H19NO4S. The van der Waals surface area contributed by atoms with Gasteiger partial charge in [-0.15, -0.1) is 0 Å². The maximum atomic E-state index is 11.9. The largest absolute Gasteiger partial charge is 0.466 e. The first-order valence-electron chi connectivity index (χ1n) is 5.45. The Hall–Kier alpha value is -0.620. The van der Waals surface area contributed by atoms with Crippen molar-refractivity contribution >= 4 is 15.8 Å². The molecule has 0 saturated carbocycles. The van der Waals surface area contributed by atoms with E-state index in [-0.39, 0.29) is 18.3 Å². The highest BCUT2D eigenvalue weighted by Crippen LogP contribution is 2.32. The van der Waals surface area contributed by atoms with Crippen molar-refractivity contribution in [1.82, 2.24) is 5.32 Å². The van der Waals surface area contributed by atoms with Crippen molar-refractivity contribution < 1.29 is 17.9 Å². The molecule has 0 atom stereocenters. The van der Waals surface area contributed by atoms with Gasteiger partial charge in [0.2, 0.25) is 0 Å². The molecule has 1 aliphatic rings. The summed E-state index contributed by atoms with van der Waals surface area (Å²) in [5.41, 5.74) is -0.838. The zero-order chi connectivity index (χ0) is 12.2.